The molecule has 1 aromatic rings. The first kappa shape index (κ1) is 12.9. The highest BCUT2D eigenvalue weighted by atomic mass is 16.5. The van der Waals surface area contributed by atoms with Gasteiger partial charge in [-0.1, -0.05) is 18.2 Å². The summed E-state index contributed by atoms with van der Waals surface area (Å²) in [4.78, 5) is 11.5. The predicted octanol–water partition coefficient (Wildman–Crippen LogP) is 1.79. The van der Waals surface area contributed by atoms with Gasteiger partial charge in [0.25, 0.3) is 0 Å². The number of carbonyl (C=O) groups is 1. The molecule has 0 bridgehead atoms. The van der Waals surface area contributed by atoms with Gasteiger partial charge in [-0.05, 0) is 25.8 Å². The molecular weight excluding hydrogens is 230 g/mol. The van der Waals surface area contributed by atoms with E-state index in [9.17, 15) is 9.90 Å². The fraction of sp³-hybridized carbons (Fsp3) is 0.500. The highest BCUT2D eigenvalue weighted by molar-refractivity contribution is 5.76. The van der Waals surface area contributed by atoms with Crippen LogP contribution in [-0.2, 0) is 4.79 Å². The van der Waals surface area contributed by atoms with Gasteiger partial charge in [0, 0.05) is 11.6 Å². The van der Waals surface area contributed by atoms with Crippen molar-refractivity contribution < 1.29 is 14.6 Å². The number of rotatable bonds is 6. The number of benzene rings is 1. The summed E-state index contributed by atoms with van der Waals surface area (Å²) in [6.07, 6.45) is 1.97. The fourth-order valence-electron chi connectivity index (χ4n) is 1.74. The lowest BCUT2D eigenvalue weighted by Crippen LogP contribution is -2.26. The molecule has 1 saturated carbocycles. The summed E-state index contributed by atoms with van der Waals surface area (Å²) in [5.41, 5.74) is 0.750. The van der Waals surface area contributed by atoms with Gasteiger partial charge in [-0.25, -0.2) is 0 Å². The summed E-state index contributed by atoms with van der Waals surface area (Å²) >= 11 is 0. The van der Waals surface area contributed by atoms with Crippen LogP contribution in [0, 0.1) is 0 Å². The third kappa shape index (κ3) is 3.74. The Bertz CT molecular complexity index is 413. The summed E-state index contributed by atoms with van der Waals surface area (Å²) in [5.74, 6) is 0.679. The Morgan fingerprint density at radius 2 is 2.22 bits per heavy atom. The van der Waals surface area contributed by atoms with Crippen molar-refractivity contribution in [2.24, 2.45) is 0 Å². The number of para-hydroxylation sites is 1. The fourth-order valence-corrected chi connectivity index (χ4v) is 1.74. The van der Waals surface area contributed by atoms with E-state index in [0.717, 1.165) is 18.4 Å². The number of nitrogens with one attached hydrogen (secondary N) is 1. The first-order valence-corrected chi connectivity index (χ1v) is 6.36. The van der Waals surface area contributed by atoms with Crippen LogP contribution in [0.3, 0.4) is 0 Å². The lowest BCUT2D eigenvalue weighted by Gasteiger charge is -2.13. The van der Waals surface area contributed by atoms with Crippen LogP contribution in [0.25, 0.3) is 0 Å². The molecule has 1 atom stereocenters. The molecule has 0 heterocycles. The largest absolute Gasteiger partial charge is 0.493 e. The van der Waals surface area contributed by atoms with Crippen molar-refractivity contribution in [2.75, 3.05) is 6.61 Å². The monoisotopic (exact) mass is 249 g/mol. The van der Waals surface area contributed by atoms with Crippen LogP contribution < -0.4 is 10.1 Å². The van der Waals surface area contributed by atoms with Gasteiger partial charge < -0.3 is 15.2 Å². The number of hydrogen-bond donors (Lipinski definition) is 2. The van der Waals surface area contributed by atoms with Crippen molar-refractivity contribution in [3.63, 3.8) is 0 Å². The van der Waals surface area contributed by atoms with Crippen molar-refractivity contribution in [1.29, 1.82) is 0 Å². The molecule has 98 valence electrons. The molecule has 0 saturated heterocycles. The van der Waals surface area contributed by atoms with Crippen LogP contribution in [0.1, 0.15) is 37.9 Å². The lowest BCUT2D eigenvalue weighted by atomic mass is 10.1. The van der Waals surface area contributed by atoms with Crippen molar-refractivity contribution in [3.8, 4) is 5.75 Å². The molecule has 4 heteroatoms. The summed E-state index contributed by atoms with van der Waals surface area (Å²) in [6, 6.07) is 7.73. The number of aliphatic hydroxyl groups is 1. The van der Waals surface area contributed by atoms with E-state index in [2.05, 4.69) is 5.32 Å². The number of ether oxygens (including phenoxy) is 1. The van der Waals surface area contributed by atoms with E-state index in [0.29, 0.717) is 24.8 Å². The summed E-state index contributed by atoms with van der Waals surface area (Å²) < 4.78 is 5.55. The molecule has 0 aromatic heterocycles. The number of hydrogen-bond acceptors (Lipinski definition) is 3. The van der Waals surface area contributed by atoms with Gasteiger partial charge >= 0.3 is 0 Å². The lowest BCUT2D eigenvalue weighted by molar-refractivity contribution is -0.121. The zero-order chi connectivity index (χ0) is 13.0. The van der Waals surface area contributed by atoms with Crippen LogP contribution in [0.2, 0.25) is 0 Å². The average molecular weight is 249 g/mol. The maximum atomic E-state index is 11.5. The second kappa shape index (κ2) is 5.87. The Kier molecular flexibility index (Phi) is 4.20. The van der Waals surface area contributed by atoms with Gasteiger partial charge in [-0.2, -0.15) is 0 Å². The minimum atomic E-state index is -0.568. The predicted molar refractivity (Wildman–Crippen MR) is 68.4 cm³/mol. The van der Waals surface area contributed by atoms with Crippen LogP contribution >= 0.6 is 0 Å². The van der Waals surface area contributed by atoms with Crippen LogP contribution in [0.4, 0.5) is 0 Å². The highest BCUT2D eigenvalue weighted by Gasteiger charge is 2.22. The number of aliphatic hydroxyl groups excluding tert-OH is 1. The smallest absolute Gasteiger partial charge is 0.223 e. The Morgan fingerprint density at radius 1 is 1.50 bits per heavy atom. The molecule has 0 radical (unpaired) electrons. The van der Waals surface area contributed by atoms with E-state index in [4.69, 9.17) is 4.74 Å². The molecule has 1 aliphatic rings. The maximum absolute atomic E-state index is 11.5. The quantitative estimate of drug-likeness (QED) is 0.808. The van der Waals surface area contributed by atoms with Gasteiger partial charge in [-0.3, -0.25) is 4.79 Å². The van der Waals surface area contributed by atoms with Gasteiger partial charge in [0.2, 0.25) is 5.91 Å². The molecule has 1 unspecified atom stereocenters. The van der Waals surface area contributed by atoms with Gasteiger partial charge in [0.1, 0.15) is 5.75 Å². The highest BCUT2D eigenvalue weighted by Crippen LogP contribution is 2.24. The van der Waals surface area contributed by atoms with Crippen LogP contribution in [-0.4, -0.2) is 23.7 Å². The summed E-state index contributed by atoms with van der Waals surface area (Å²) in [7, 11) is 0. The molecule has 2 rings (SSSR count). The average Bonchev–Trinajstić information content (AvgIpc) is 3.13. The second-order valence-corrected chi connectivity index (χ2v) is 4.65. The van der Waals surface area contributed by atoms with Crippen LogP contribution in [0.5, 0.6) is 5.75 Å². The summed E-state index contributed by atoms with van der Waals surface area (Å²) in [5, 5.41) is 12.5. The SMILES string of the molecule is CC(O)c1ccccc1OCCC(=O)NC1CC1. The first-order valence-electron chi connectivity index (χ1n) is 6.36. The molecule has 2 N–H and O–H groups in total. The van der Waals surface area contributed by atoms with E-state index in [-0.39, 0.29) is 5.91 Å². The zero-order valence-electron chi connectivity index (χ0n) is 10.6. The molecular formula is C14H19NO3. The Balaban J connectivity index is 1.80. The maximum Gasteiger partial charge on any atom is 0.223 e. The molecule has 1 aliphatic carbocycles. The number of amides is 1. The van der Waals surface area contributed by atoms with Gasteiger partial charge in [-0.15, -0.1) is 0 Å². The normalized spacial score (nSPS) is 16.1. The molecule has 1 amide bonds. The third-order valence-electron chi connectivity index (χ3n) is 2.90. The Labute approximate surface area is 107 Å². The van der Waals surface area contributed by atoms with Crippen molar-refractivity contribution >= 4 is 5.91 Å². The van der Waals surface area contributed by atoms with Crippen molar-refractivity contribution in [2.45, 2.75) is 38.3 Å². The van der Waals surface area contributed by atoms with Gasteiger partial charge in [0.05, 0.1) is 19.1 Å². The van der Waals surface area contributed by atoms with Crippen molar-refractivity contribution in [1.82, 2.24) is 5.32 Å². The van der Waals surface area contributed by atoms with Crippen molar-refractivity contribution in [3.05, 3.63) is 29.8 Å². The Hall–Kier alpha value is -1.55. The topological polar surface area (TPSA) is 58.6 Å². The zero-order valence-corrected chi connectivity index (χ0v) is 10.6. The van der Waals surface area contributed by atoms with E-state index in [1.54, 1.807) is 13.0 Å². The first-order chi connectivity index (χ1) is 8.66. The second-order valence-electron chi connectivity index (χ2n) is 4.65. The van der Waals surface area contributed by atoms with E-state index >= 15 is 0 Å². The van der Waals surface area contributed by atoms with Crippen LogP contribution in [0.15, 0.2) is 24.3 Å². The van der Waals surface area contributed by atoms with E-state index in [1.807, 2.05) is 18.2 Å². The number of carbonyl (C=O) groups excluding carboxylic acids is 1. The molecule has 0 spiro atoms. The molecule has 1 aromatic carbocycles. The van der Waals surface area contributed by atoms with E-state index < -0.39 is 6.10 Å². The minimum absolute atomic E-state index is 0.0343. The third-order valence-corrected chi connectivity index (χ3v) is 2.90. The summed E-state index contributed by atoms with van der Waals surface area (Å²) in [6.45, 7) is 2.03. The van der Waals surface area contributed by atoms with E-state index in [1.165, 1.54) is 0 Å². The molecule has 0 aliphatic heterocycles. The molecule has 18 heavy (non-hydrogen) atoms. The Morgan fingerprint density at radius 3 is 2.89 bits per heavy atom. The molecule has 4 nitrogen and oxygen atoms in total. The minimum Gasteiger partial charge on any atom is -0.493 e. The standard InChI is InChI=1S/C14H19NO3/c1-10(16)12-4-2-3-5-13(12)18-9-8-14(17)15-11-6-7-11/h2-5,10-11,16H,6-9H2,1H3,(H,15,17). The van der Waals surface area contributed by atoms with Gasteiger partial charge in [0.15, 0.2) is 0 Å². The molecule has 1 fully saturated rings.